The Morgan fingerprint density at radius 1 is 1.19 bits per heavy atom. The first-order valence-corrected chi connectivity index (χ1v) is 11.9. The van der Waals surface area contributed by atoms with Crippen molar-refractivity contribution in [1.29, 1.82) is 0 Å². The highest BCUT2D eigenvalue weighted by Crippen LogP contribution is 2.45. The Bertz CT molecular complexity index is 1510. The number of aromatic hydroxyl groups is 1. The molecule has 5 rings (SSSR count). The number of nitrogens with two attached hydrogens (primary N) is 1. The van der Waals surface area contributed by atoms with Gasteiger partial charge in [0, 0.05) is 5.39 Å². The van der Waals surface area contributed by atoms with Crippen LogP contribution in [-0.4, -0.2) is 75.6 Å². The number of rotatable bonds is 6. The summed E-state index contributed by atoms with van der Waals surface area (Å²) in [6.07, 6.45) is -3.06. The molecule has 1 fully saturated rings. The van der Waals surface area contributed by atoms with Crippen molar-refractivity contribution in [1.82, 2.24) is 24.5 Å². The van der Waals surface area contributed by atoms with E-state index in [1.54, 1.807) is 24.3 Å². The lowest BCUT2D eigenvalue weighted by Gasteiger charge is -2.17. The number of phosphoric acid groups is 1. The highest BCUT2D eigenvalue weighted by atomic mass is 31.2. The van der Waals surface area contributed by atoms with E-state index in [-0.39, 0.29) is 17.0 Å². The lowest BCUT2D eigenvalue weighted by atomic mass is 10.1. The number of anilines is 1. The number of para-hydroxylation sites is 1. The number of fused-ring (bicyclic) bond motifs is 2. The number of carbonyl (C=O) groups is 1. The Morgan fingerprint density at radius 2 is 1.97 bits per heavy atom. The number of pyridine rings is 1. The van der Waals surface area contributed by atoms with Gasteiger partial charge in [0.2, 0.25) is 0 Å². The summed E-state index contributed by atoms with van der Waals surface area (Å²) in [6, 6.07) is 7.84. The van der Waals surface area contributed by atoms with Crippen LogP contribution in [0.15, 0.2) is 43.0 Å². The first-order valence-electron chi connectivity index (χ1n) is 10.4. The van der Waals surface area contributed by atoms with Crippen LogP contribution in [0.3, 0.4) is 0 Å². The van der Waals surface area contributed by atoms with Gasteiger partial charge in [-0.2, -0.15) is 0 Å². The van der Waals surface area contributed by atoms with Gasteiger partial charge in [0.1, 0.15) is 35.9 Å². The highest BCUT2D eigenvalue weighted by molar-refractivity contribution is 7.48. The Balaban J connectivity index is 1.27. The molecule has 3 aromatic heterocycles. The Hall–Kier alpha value is -3.72. The van der Waals surface area contributed by atoms with Crippen molar-refractivity contribution in [2.45, 2.75) is 24.5 Å². The predicted octanol–water partition coefficient (Wildman–Crippen LogP) is 0.255. The number of hydrogen-bond acceptors (Lipinski definition) is 13. The third kappa shape index (κ3) is 4.35. The molecular formula is C20H19N6O9P. The van der Waals surface area contributed by atoms with E-state index < -0.39 is 56.4 Å². The van der Waals surface area contributed by atoms with Crippen molar-refractivity contribution in [2.75, 3.05) is 12.3 Å². The van der Waals surface area contributed by atoms with Crippen molar-refractivity contribution in [3.05, 3.63) is 48.7 Å². The van der Waals surface area contributed by atoms with Crippen molar-refractivity contribution >= 4 is 41.7 Å². The Kier molecular flexibility index (Phi) is 6.04. The van der Waals surface area contributed by atoms with Gasteiger partial charge in [-0.25, -0.2) is 29.3 Å². The molecule has 188 valence electrons. The molecule has 0 bridgehead atoms. The molecule has 6 N–H and O–H groups in total. The quantitative estimate of drug-likeness (QED) is 0.216. The van der Waals surface area contributed by atoms with Gasteiger partial charge in [0.25, 0.3) is 0 Å². The maximum atomic E-state index is 12.4. The largest absolute Gasteiger partial charge is 0.529 e. The first-order chi connectivity index (χ1) is 17.1. The second-order valence-electron chi connectivity index (χ2n) is 7.82. The number of hydrogen-bond donors (Lipinski definition) is 5. The molecule has 0 radical (unpaired) electrons. The van der Waals surface area contributed by atoms with Crippen LogP contribution in [0.1, 0.15) is 16.7 Å². The number of carbonyl (C=O) groups excluding carboxylic acids is 1. The summed E-state index contributed by atoms with van der Waals surface area (Å²) in [5, 5.41) is 31.5. The summed E-state index contributed by atoms with van der Waals surface area (Å²) in [6.45, 7) is -0.739. The molecule has 0 saturated carbocycles. The maximum Gasteiger partial charge on any atom is 0.529 e. The third-order valence-electron chi connectivity index (χ3n) is 5.50. The van der Waals surface area contributed by atoms with Crippen LogP contribution in [0.2, 0.25) is 0 Å². The number of nitrogens with zero attached hydrogens (tertiary/aromatic N) is 5. The van der Waals surface area contributed by atoms with E-state index >= 15 is 0 Å². The molecule has 0 aliphatic carbocycles. The minimum atomic E-state index is -5.05. The normalized spacial score (nSPS) is 23.6. The third-order valence-corrected chi connectivity index (χ3v) is 6.37. The van der Waals surface area contributed by atoms with Gasteiger partial charge < -0.3 is 30.3 Å². The van der Waals surface area contributed by atoms with Gasteiger partial charge in [-0.15, -0.1) is 0 Å². The number of phosphoric ester groups is 1. The Labute approximate surface area is 201 Å². The van der Waals surface area contributed by atoms with Gasteiger partial charge in [-0.1, -0.05) is 18.2 Å². The van der Waals surface area contributed by atoms with E-state index in [0.717, 1.165) is 0 Å². The summed E-state index contributed by atoms with van der Waals surface area (Å²) < 4.78 is 28.6. The molecule has 16 heteroatoms. The molecule has 5 atom stereocenters. The first kappa shape index (κ1) is 24.0. The van der Waals surface area contributed by atoms with Crippen molar-refractivity contribution in [3.8, 4) is 5.75 Å². The maximum absolute atomic E-state index is 12.4. The van der Waals surface area contributed by atoms with Gasteiger partial charge in [0.15, 0.2) is 23.4 Å². The van der Waals surface area contributed by atoms with Crippen molar-refractivity contribution < 1.29 is 43.4 Å². The lowest BCUT2D eigenvalue weighted by Crippen LogP contribution is -2.33. The van der Waals surface area contributed by atoms with E-state index in [4.69, 9.17) is 15.0 Å². The van der Waals surface area contributed by atoms with E-state index in [1.807, 2.05) is 0 Å². The second kappa shape index (κ2) is 9.05. The molecular weight excluding hydrogens is 499 g/mol. The molecule has 1 aromatic carbocycles. The molecule has 4 aromatic rings. The predicted molar refractivity (Wildman–Crippen MR) is 120 cm³/mol. The van der Waals surface area contributed by atoms with Crippen LogP contribution in [0.5, 0.6) is 5.75 Å². The van der Waals surface area contributed by atoms with Gasteiger partial charge in [0.05, 0.1) is 18.5 Å². The van der Waals surface area contributed by atoms with Crippen LogP contribution in [0.4, 0.5) is 5.82 Å². The van der Waals surface area contributed by atoms with Crippen LogP contribution >= 0.6 is 7.82 Å². The summed E-state index contributed by atoms with van der Waals surface area (Å²) in [7, 11) is -5.05. The molecule has 1 aliphatic rings. The highest BCUT2D eigenvalue weighted by Gasteiger charge is 2.45. The number of aliphatic hydroxyl groups is 2. The zero-order valence-corrected chi connectivity index (χ0v) is 19.0. The van der Waals surface area contributed by atoms with Gasteiger partial charge >= 0.3 is 13.8 Å². The zero-order chi connectivity index (χ0) is 25.6. The molecule has 4 heterocycles. The van der Waals surface area contributed by atoms with E-state index in [1.165, 1.54) is 23.3 Å². The number of imidazole rings is 1. The number of aliphatic hydroxyl groups excluding tert-OH is 2. The number of nitrogen functional groups attached to an aromatic ring is 1. The average molecular weight is 518 g/mol. The molecule has 1 unspecified atom stereocenters. The minimum absolute atomic E-state index is 0.0987. The van der Waals surface area contributed by atoms with E-state index in [9.17, 15) is 29.6 Å². The standard InChI is InChI=1S/C20H19N6O9P/c21-17-14-18(23-7-22-17)26(8-24-14)19-16(29)15(28)12(34-19)6-33-36(31,32)35-20(30)13-11(27)5-9-3-1-2-4-10(9)25-13/h1-5,7-8,12,15-16,19,27-29H,6H2,(H,31,32)(H2,21,22,23)/t12-,15-,16-,19-/m1/s1. The topological polar surface area (TPSA) is 225 Å². The molecule has 0 amide bonds. The Morgan fingerprint density at radius 3 is 2.78 bits per heavy atom. The number of ether oxygens (including phenoxy) is 1. The van der Waals surface area contributed by atoms with Crippen LogP contribution in [0, 0.1) is 0 Å². The minimum Gasteiger partial charge on any atom is -0.505 e. The van der Waals surface area contributed by atoms with Crippen molar-refractivity contribution in [3.63, 3.8) is 0 Å². The fourth-order valence-electron chi connectivity index (χ4n) is 3.75. The molecule has 1 saturated heterocycles. The number of aromatic nitrogens is 5. The average Bonchev–Trinajstić information content (AvgIpc) is 3.39. The van der Waals surface area contributed by atoms with Crippen molar-refractivity contribution in [2.24, 2.45) is 0 Å². The molecule has 1 aliphatic heterocycles. The summed E-state index contributed by atoms with van der Waals surface area (Å²) in [4.78, 5) is 38.3. The molecule has 36 heavy (non-hydrogen) atoms. The zero-order valence-electron chi connectivity index (χ0n) is 18.1. The fourth-order valence-corrected chi connectivity index (χ4v) is 4.43. The van der Waals surface area contributed by atoms with Gasteiger partial charge in [-0.3, -0.25) is 14.0 Å². The van der Waals surface area contributed by atoms with E-state index in [0.29, 0.717) is 10.9 Å². The fraction of sp³-hybridized carbons (Fsp3) is 0.250. The SMILES string of the molecule is Nc1ncnc2c1ncn2[C@@H]1O[C@H](COP(=O)(O)OC(=O)c2nc3ccccc3cc2O)[C@@H](O)[C@H]1O. The summed E-state index contributed by atoms with van der Waals surface area (Å²) >= 11 is 0. The number of benzene rings is 1. The summed E-state index contributed by atoms with van der Waals surface area (Å²) in [5.41, 5.74) is 5.98. The van der Waals surface area contributed by atoms with Crippen LogP contribution in [-0.2, 0) is 18.3 Å². The smallest absolute Gasteiger partial charge is 0.505 e. The summed E-state index contributed by atoms with van der Waals surface area (Å²) in [5.74, 6) is -1.87. The molecule has 15 nitrogen and oxygen atoms in total. The monoisotopic (exact) mass is 518 g/mol. The van der Waals surface area contributed by atoms with Gasteiger partial charge in [-0.05, 0) is 12.1 Å². The van der Waals surface area contributed by atoms with Crippen LogP contribution in [0.25, 0.3) is 22.1 Å². The lowest BCUT2D eigenvalue weighted by molar-refractivity contribution is -0.0508. The molecule has 0 spiro atoms. The van der Waals surface area contributed by atoms with Crippen LogP contribution < -0.4 is 5.73 Å². The second-order valence-corrected chi connectivity index (χ2v) is 9.20. The van der Waals surface area contributed by atoms with E-state index in [2.05, 4.69) is 24.5 Å².